The summed E-state index contributed by atoms with van der Waals surface area (Å²) >= 11 is -0.931. The molecule has 0 spiro atoms. The van der Waals surface area contributed by atoms with Crippen molar-refractivity contribution in [1.82, 2.24) is 0 Å². The van der Waals surface area contributed by atoms with Crippen molar-refractivity contribution in [3.05, 3.63) is 30.1 Å². The predicted molar refractivity (Wildman–Crippen MR) is 52.2 cm³/mol. The molecule has 0 fully saturated rings. The van der Waals surface area contributed by atoms with Crippen LogP contribution in [-0.4, -0.2) is 24.0 Å². The van der Waals surface area contributed by atoms with E-state index in [0.717, 1.165) is 24.5 Å². The molecular weight excluding hydrogens is 370 g/mol. The number of aromatic nitrogens is 1. The van der Waals surface area contributed by atoms with E-state index < -0.39 is 31.4 Å². The molecule has 6 nitrogen and oxygen atoms in total. The number of hydrogen-bond acceptors (Lipinski definition) is 3. The summed E-state index contributed by atoms with van der Waals surface area (Å²) in [5, 5.41) is 8.46. The van der Waals surface area contributed by atoms with Crippen LogP contribution >= 0.6 is 19.4 Å². The van der Waals surface area contributed by atoms with Crippen molar-refractivity contribution in [3.63, 3.8) is 0 Å². The van der Waals surface area contributed by atoms with Gasteiger partial charge in [-0.3, -0.25) is 0 Å². The Morgan fingerprint density at radius 1 is 1.29 bits per heavy atom. The monoisotopic (exact) mass is 373 g/mol. The molecule has 0 aliphatic rings. The van der Waals surface area contributed by atoms with E-state index in [-0.39, 0.29) is 18.0 Å². The molecule has 1 aromatic rings. The van der Waals surface area contributed by atoms with Crippen LogP contribution in [0.25, 0.3) is 0 Å². The summed E-state index contributed by atoms with van der Waals surface area (Å²) < 4.78 is 30.0. The van der Waals surface area contributed by atoms with Gasteiger partial charge in [0.25, 0.3) is 0 Å². The standard InChI is InChI=1S/C6H5NO5S.3ClH.Zn/c8-6(9)5-1-3-7(4-2-5)13(10,11)12;;;;/h1-4H,(H-,8,9,10,11,12);3*1H;/q;;;;+2/p-2. The zero-order valence-electron chi connectivity index (χ0n) is 8.13. The quantitative estimate of drug-likeness (QED) is 0.344. The van der Waals surface area contributed by atoms with Crippen LogP contribution in [0.4, 0.5) is 0 Å². The molecular formula is C6H6Cl3NO5SZn. The number of aromatic carboxylic acids is 1. The van der Waals surface area contributed by atoms with Crippen LogP contribution in [0.1, 0.15) is 10.4 Å². The van der Waals surface area contributed by atoms with Crippen LogP contribution in [0.15, 0.2) is 24.5 Å². The Balaban J connectivity index is 0. The number of rotatable bonds is 2. The van der Waals surface area contributed by atoms with Crippen molar-refractivity contribution >= 4 is 35.7 Å². The SMILES string of the molecule is O=C(O)c1cc[n+](S(=O)(=O)O)cc1.[Cl-].[Cl][Zn][Cl]. The molecule has 0 saturated carbocycles. The predicted octanol–water partition coefficient (Wildman–Crippen LogP) is -2.30. The van der Waals surface area contributed by atoms with Gasteiger partial charge in [-0.15, -0.1) is 8.42 Å². The van der Waals surface area contributed by atoms with Crippen molar-refractivity contribution in [1.29, 1.82) is 0 Å². The summed E-state index contributed by atoms with van der Waals surface area (Å²) in [4.78, 5) is 10.3. The molecule has 0 atom stereocenters. The Hall–Kier alpha value is 0.0234. The normalized spacial score (nSPS) is 9.12. The van der Waals surface area contributed by atoms with Gasteiger partial charge in [0.2, 0.25) is 0 Å². The van der Waals surface area contributed by atoms with E-state index in [4.69, 9.17) is 29.0 Å². The van der Waals surface area contributed by atoms with Gasteiger partial charge in [-0.25, -0.2) is 9.35 Å². The van der Waals surface area contributed by atoms with Gasteiger partial charge < -0.3 is 17.5 Å². The number of nitrogens with zero attached hydrogens (tertiary/aromatic N) is 1. The molecule has 1 aromatic heterocycles. The second kappa shape index (κ2) is 9.02. The molecule has 0 aliphatic carbocycles. The van der Waals surface area contributed by atoms with Crippen LogP contribution in [0.2, 0.25) is 0 Å². The third kappa shape index (κ3) is 7.86. The minimum atomic E-state index is -4.32. The maximum atomic E-state index is 10.5. The summed E-state index contributed by atoms with van der Waals surface area (Å²) in [5.74, 6) is -1.16. The first-order valence-electron chi connectivity index (χ1n) is 3.67. The van der Waals surface area contributed by atoms with Gasteiger partial charge in [-0.1, -0.05) is 3.97 Å². The average molecular weight is 376 g/mol. The Labute approximate surface area is 120 Å². The molecule has 1 heterocycles. The Bertz CT molecular complexity index is 451. The maximum absolute atomic E-state index is 10.5. The fraction of sp³-hybridized carbons (Fsp3) is 0. The first kappa shape index (κ1) is 19.4. The Kier molecular flexibility index (Phi) is 10.3. The van der Waals surface area contributed by atoms with E-state index in [9.17, 15) is 13.2 Å². The molecule has 0 aliphatic heterocycles. The van der Waals surface area contributed by atoms with Crippen molar-refractivity contribution < 1.29 is 54.4 Å². The summed E-state index contributed by atoms with van der Waals surface area (Å²) in [7, 11) is 5.58. The van der Waals surface area contributed by atoms with Gasteiger partial charge in [0.05, 0.1) is 5.56 Å². The number of carbonyl (C=O) groups is 1. The second-order valence-electron chi connectivity index (χ2n) is 2.30. The van der Waals surface area contributed by atoms with Gasteiger partial charge in [0, 0.05) is 12.1 Å². The summed E-state index contributed by atoms with van der Waals surface area (Å²) in [6, 6.07) is 2.13. The molecule has 0 saturated heterocycles. The van der Waals surface area contributed by atoms with Gasteiger partial charge in [-0.05, 0) is 0 Å². The fourth-order valence-corrected chi connectivity index (χ4v) is 1.14. The molecule has 0 radical (unpaired) electrons. The Morgan fingerprint density at radius 3 is 1.88 bits per heavy atom. The van der Waals surface area contributed by atoms with Crippen molar-refractivity contribution in [2.45, 2.75) is 0 Å². The first-order chi connectivity index (χ1) is 7.32. The number of carboxylic acid groups (broad SMARTS) is 1. The summed E-state index contributed by atoms with van der Waals surface area (Å²) in [6.45, 7) is 0. The molecule has 2 N–H and O–H groups in total. The fourth-order valence-electron chi connectivity index (χ4n) is 0.709. The third-order valence-corrected chi connectivity index (χ3v) is 2.09. The average Bonchev–Trinajstić information content (AvgIpc) is 2.18. The molecule has 11 heteroatoms. The molecule has 0 bridgehead atoms. The second-order valence-corrected chi connectivity index (χ2v) is 8.24. The van der Waals surface area contributed by atoms with Crippen LogP contribution < -0.4 is 16.4 Å². The molecule has 0 amide bonds. The van der Waals surface area contributed by atoms with E-state index in [0.29, 0.717) is 3.97 Å². The van der Waals surface area contributed by atoms with Crippen molar-refractivity contribution in [3.8, 4) is 0 Å². The minimum absolute atomic E-state index is 0. The van der Waals surface area contributed by atoms with E-state index in [1.165, 1.54) is 0 Å². The van der Waals surface area contributed by atoms with E-state index in [1.54, 1.807) is 0 Å². The first-order valence-corrected chi connectivity index (χ1v) is 12.9. The van der Waals surface area contributed by atoms with Crippen molar-refractivity contribution in [2.24, 2.45) is 0 Å². The van der Waals surface area contributed by atoms with E-state index in [2.05, 4.69) is 0 Å². The van der Waals surface area contributed by atoms with Crippen LogP contribution in [0.3, 0.4) is 0 Å². The molecule has 94 valence electrons. The molecule has 17 heavy (non-hydrogen) atoms. The third-order valence-electron chi connectivity index (χ3n) is 1.32. The topological polar surface area (TPSA) is 95.5 Å². The number of carboxylic acids is 1. The number of pyridine rings is 1. The number of hydrogen-bond donors (Lipinski definition) is 2. The van der Waals surface area contributed by atoms with Crippen LogP contribution in [0, 0.1) is 0 Å². The zero-order valence-corrected chi connectivity index (χ0v) is 14.2. The Morgan fingerprint density at radius 2 is 1.65 bits per heavy atom. The molecule has 1 rings (SSSR count). The van der Waals surface area contributed by atoms with Crippen LogP contribution in [0.5, 0.6) is 0 Å². The molecule has 0 unspecified atom stereocenters. The zero-order chi connectivity index (χ0) is 12.8. The van der Waals surface area contributed by atoms with Crippen molar-refractivity contribution in [2.75, 3.05) is 0 Å². The summed E-state index contributed by atoms with van der Waals surface area (Å²) in [5.41, 5.74) is -0.0556. The van der Waals surface area contributed by atoms with Gasteiger partial charge in [0.15, 0.2) is 12.4 Å². The van der Waals surface area contributed by atoms with E-state index >= 15 is 0 Å². The van der Waals surface area contributed by atoms with Crippen LogP contribution in [-0.2, 0) is 25.4 Å². The summed E-state index contributed by atoms with van der Waals surface area (Å²) in [6.07, 6.45) is 1.89. The van der Waals surface area contributed by atoms with E-state index in [1.807, 2.05) is 0 Å². The number of halogens is 3. The van der Waals surface area contributed by atoms with Gasteiger partial charge in [0.1, 0.15) is 0 Å². The van der Waals surface area contributed by atoms with Gasteiger partial charge >= 0.3 is 50.8 Å². The van der Waals surface area contributed by atoms with Gasteiger partial charge in [-0.2, -0.15) is 0 Å². The molecule has 0 aromatic carbocycles.